The van der Waals surface area contributed by atoms with Gasteiger partial charge in [0.25, 0.3) is 5.91 Å². The molecule has 0 aromatic heterocycles. The van der Waals surface area contributed by atoms with Gasteiger partial charge in [0.05, 0.1) is 5.56 Å². The molecule has 6 heteroatoms. The van der Waals surface area contributed by atoms with E-state index in [-0.39, 0.29) is 17.4 Å². The maximum atomic E-state index is 13.9. The van der Waals surface area contributed by atoms with E-state index in [1.165, 1.54) is 18.2 Å². The van der Waals surface area contributed by atoms with Crippen molar-refractivity contribution in [2.75, 3.05) is 26.2 Å². The van der Waals surface area contributed by atoms with Gasteiger partial charge in [-0.1, -0.05) is 38.8 Å². The molecule has 1 heterocycles. The fraction of sp³-hybridized carbons (Fsp3) is 0.579. The summed E-state index contributed by atoms with van der Waals surface area (Å²) in [5, 5.41) is 0.331. The van der Waals surface area contributed by atoms with Crippen LogP contribution in [-0.4, -0.2) is 47.8 Å². The zero-order chi connectivity index (χ0) is 18.6. The van der Waals surface area contributed by atoms with Crippen LogP contribution in [0.25, 0.3) is 0 Å². The summed E-state index contributed by atoms with van der Waals surface area (Å²) < 4.78 is 13.9. The molecule has 0 spiro atoms. The van der Waals surface area contributed by atoms with E-state index in [1.54, 1.807) is 4.90 Å². The Morgan fingerprint density at radius 3 is 2.32 bits per heavy atom. The van der Waals surface area contributed by atoms with Crippen molar-refractivity contribution in [3.8, 4) is 0 Å². The molecule has 4 nitrogen and oxygen atoms in total. The number of hydrogen-bond acceptors (Lipinski definition) is 2. The number of piperazine rings is 1. The molecule has 1 atom stereocenters. The summed E-state index contributed by atoms with van der Waals surface area (Å²) in [6, 6.07) is 3.97. The number of carbonyl (C=O) groups excluding carboxylic acids is 2. The smallest absolute Gasteiger partial charge is 0.257 e. The molecular formula is C19H26ClFN2O2. The number of amides is 2. The van der Waals surface area contributed by atoms with Gasteiger partial charge in [-0.15, -0.1) is 0 Å². The van der Waals surface area contributed by atoms with Gasteiger partial charge in [0.2, 0.25) is 5.91 Å². The van der Waals surface area contributed by atoms with Crippen LogP contribution >= 0.6 is 11.6 Å². The molecule has 1 aromatic rings. The highest BCUT2D eigenvalue weighted by Gasteiger charge is 2.27. The van der Waals surface area contributed by atoms with Crippen LogP contribution in [-0.2, 0) is 4.79 Å². The summed E-state index contributed by atoms with van der Waals surface area (Å²) in [5.41, 5.74) is -0.0156. The van der Waals surface area contributed by atoms with E-state index in [0.717, 1.165) is 6.42 Å². The van der Waals surface area contributed by atoms with Crippen molar-refractivity contribution in [3.05, 3.63) is 34.6 Å². The lowest BCUT2D eigenvalue weighted by molar-refractivity contribution is -0.134. The highest BCUT2D eigenvalue weighted by atomic mass is 35.5. The maximum absolute atomic E-state index is 13.9. The Hall–Kier alpha value is -1.62. The summed E-state index contributed by atoms with van der Waals surface area (Å²) >= 11 is 5.86. The summed E-state index contributed by atoms with van der Waals surface area (Å²) in [4.78, 5) is 28.3. The number of carbonyl (C=O) groups is 2. The van der Waals surface area contributed by atoms with E-state index in [4.69, 9.17) is 11.6 Å². The normalized spacial score (nSPS) is 16.2. The van der Waals surface area contributed by atoms with Gasteiger partial charge >= 0.3 is 0 Å². The van der Waals surface area contributed by atoms with Gasteiger partial charge in [-0.05, 0) is 30.0 Å². The Labute approximate surface area is 153 Å². The molecule has 2 amide bonds. The molecule has 0 radical (unpaired) electrons. The molecule has 1 aliphatic heterocycles. The zero-order valence-electron chi connectivity index (χ0n) is 15.1. The van der Waals surface area contributed by atoms with Gasteiger partial charge in [0, 0.05) is 37.6 Å². The monoisotopic (exact) mass is 368 g/mol. The van der Waals surface area contributed by atoms with E-state index in [2.05, 4.69) is 20.8 Å². The average molecular weight is 369 g/mol. The molecule has 1 fully saturated rings. The van der Waals surface area contributed by atoms with Crippen LogP contribution in [0.1, 0.15) is 44.0 Å². The third-order valence-electron chi connectivity index (χ3n) is 4.98. The van der Waals surface area contributed by atoms with E-state index in [1.807, 2.05) is 4.90 Å². The van der Waals surface area contributed by atoms with Crippen LogP contribution in [0.2, 0.25) is 5.02 Å². The largest absolute Gasteiger partial charge is 0.339 e. The molecule has 1 aliphatic rings. The Balaban J connectivity index is 1.94. The Kier molecular flexibility index (Phi) is 6.82. The van der Waals surface area contributed by atoms with Crippen LogP contribution in [0.3, 0.4) is 0 Å². The quantitative estimate of drug-likeness (QED) is 0.792. The minimum Gasteiger partial charge on any atom is -0.339 e. The Bertz CT molecular complexity index is 628. The average Bonchev–Trinajstić information content (AvgIpc) is 2.60. The standard InChI is InChI=1S/C19H26ClFN2O2/c1-4-14(13(2)3)11-18(24)22-7-9-23(10-8-22)19(25)16-12-15(20)5-6-17(16)21/h5-6,12-14H,4,7-11H2,1-3H3. The Morgan fingerprint density at radius 1 is 1.16 bits per heavy atom. The summed E-state index contributed by atoms with van der Waals surface area (Å²) in [7, 11) is 0. The molecule has 0 N–H and O–H groups in total. The molecule has 0 bridgehead atoms. The van der Waals surface area contributed by atoms with Crippen LogP contribution in [0.15, 0.2) is 18.2 Å². The molecule has 0 aliphatic carbocycles. The molecule has 25 heavy (non-hydrogen) atoms. The van der Waals surface area contributed by atoms with Crippen LogP contribution in [0, 0.1) is 17.7 Å². The lowest BCUT2D eigenvalue weighted by Gasteiger charge is -2.35. The lowest BCUT2D eigenvalue weighted by Crippen LogP contribution is -2.51. The number of benzene rings is 1. The number of nitrogens with zero attached hydrogens (tertiary/aromatic N) is 2. The highest BCUT2D eigenvalue weighted by Crippen LogP contribution is 2.21. The van der Waals surface area contributed by atoms with Crippen molar-refractivity contribution < 1.29 is 14.0 Å². The van der Waals surface area contributed by atoms with E-state index >= 15 is 0 Å². The predicted molar refractivity (Wildman–Crippen MR) is 97.1 cm³/mol. The number of halogens is 2. The first-order valence-corrected chi connectivity index (χ1v) is 9.23. The van der Waals surface area contributed by atoms with E-state index in [9.17, 15) is 14.0 Å². The second-order valence-electron chi connectivity index (χ2n) is 6.91. The first-order chi connectivity index (χ1) is 11.8. The summed E-state index contributed by atoms with van der Waals surface area (Å²) in [5.74, 6) is 0.0493. The van der Waals surface area contributed by atoms with Crippen molar-refractivity contribution in [1.82, 2.24) is 9.80 Å². The number of hydrogen-bond donors (Lipinski definition) is 0. The fourth-order valence-corrected chi connectivity index (χ4v) is 3.37. The first kappa shape index (κ1) is 19.7. The third kappa shape index (κ3) is 4.94. The maximum Gasteiger partial charge on any atom is 0.257 e. The molecule has 2 rings (SSSR count). The van der Waals surface area contributed by atoms with Crippen molar-refractivity contribution in [2.45, 2.75) is 33.6 Å². The zero-order valence-corrected chi connectivity index (χ0v) is 15.9. The van der Waals surface area contributed by atoms with Gasteiger partial charge in [-0.25, -0.2) is 4.39 Å². The topological polar surface area (TPSA) is 40.6 Å². The molecule has 1 unspecified atom stereocenters. The van der Waals surface area contributed by atoms with E-state index < -0.39 is 5.82 Å². The fourth-order valence-electron chi connectivity index (χ4n) is 3.20. The Morgan fingerprint density at radius 2 is 1.76 bits per heavy atom. The molecular weight excluding hydrogens is 343 g/mol. The summed E-state index contributed by atoms with van der Waals surface area (Å²) in [6.07, 6.45) is 1.53. The molecule has 138 valence electrons. The van der Waals surface area contributed by atoms with Crippen LogP contribution < -0.4 is 0 Å². The van der Waals surface area contributed by atoms with Crippen LogP contribution in [0.5, 0.6) is 0 Å². The predicted octanol–water partition coefficient (Wildman–Crippen LogP) is 3.84. The van der Waals surface area contributed by atoms with Gasteiger partial charge in [0.1, 0.15) is 5.82 Å². The van der Waals surface area contributed by atoms with Gasteiger partial charge in [0.15, 0.2) is 0 Å². The first-order valence-electron chi connectivity index (χ1n) is 8.85. The lowest BCUT2D eigenvalue weighted by atomic mass is 9.89. The molecule has 0 saturated carbocycles. The van der Waals surface area contributed by atoms with Crippen molar-refractivity contribution in [1.29, 1.82) is 0 Å². The van der Waals surface area contributed by atoms with E-state index in [0.29, 0.717) is 49.5 Å². The van der Waals surface area contributed by atoms with Gasteiger partial charge in [-0.3, -0.25) is 9.59 Å². The number of rotatable bonds is 5. The summed E-state index contributed by atoms with van der Waals surface area (Å²) in [6.45, 7) is 8.18. The minimum atomic E-state index is -0.573. The van der Waals surface area contributed by atoms with Gasteiger partial charge in [-0.2, -0.15) is 0 Å². The minimum absolute atomic E-state index is 0.0156. The second kappa shape index (κ2) is 8.65. The van der Waals surface area contributed by atoms with Gasteiger partial charge < -0.3 is 9.80 Å². The highest BCUT2D eigenvalue weighted by molar-refractivity contribution is 6.31. The van der Waals surface area contributed by atoms with Crippen molar-refractivity contribution in [3.63, 3.8) is 0 Å². The SMILES string of the molecule is CCC(CC(=O)N1CCN(C(=O)c2cc(Cl)ccc2F)CC1)C(C)C. The van der Waals surface area contributed by atoms with Crippen molar-refractivity contribution in [2.24, 2.45) is 11.8 Å². The third-order valence-corrected chi connectivity index (χ3v) is 5.22. The van der Waals surface area contributed by atoms with Crippen LogP contribution in [0.4, 0.5) is 4.39 Å². The van der Waals surface area contributed by atoms with Crippen molar-refractivity contribution >= 4 is 23.4 Å². The second-order valence-corrected chi connectivity index (χ2v) is 7.35. The molecule has 1 aromatic carbocycles. The molecule has 1 saturated heterocycles.